The number of rotatable bonds is 4. The van der Waals surface area contributed by atoms with E-state index in [0.29, 0.717) is 6.07 Å². The van der Waals surface area contributed by atoms with Crippen molar-refractivity contribution in [2.45, 2.75) is 9.79 Å². The normalized spacial score (nSPS) is 12.1. The maximum Gasteiger partial charge on any atom is 0.261 e. The summed E-state index contributed by atoms with van der Waals surface area (Å²) in [6.07, 6.45) is 0.989. The number of hydrogen-bond donors (Lipinski definition) is 1. The minimum atomic E-state index is -4.12. The highest BCUT2D eigenvalue weighted by Crippen LogP contribution is 2.21. The zero-order chi connectivity index (χ0) is 16.5. The highest BCUT2D eigenvalue weighted by atomic mass is 32.2. The van der Waals surface area contributed by atoms with Gasteiger partial charge in [0.2, 0.25) is 0 Å². The molecule has 0 fully saturated rings. The minimum absolute atomic E-state index is 0.0422. The highest BCUT2D eigenvalue weighted by Gasteiger charge is 2.17. The first-order chi connectivity index (χ1) is 10.1. The molecule has 5 nitrogen and oxygen atoms in total. The Hall–Kier alpha value is -2.00. The average Bonchev–Trinajstić information content (AvgIpc) is 2.41. The molecule has 2 aromatic carbocycles. The number of sulfone groups is 1. The highest BCUT2D eigenvalue weighted by molar-refractivity contribution is 7.92. The van der Waals surface area contributed by atoms with Crippen LogP contribution in [-0.4, -0.2) is 23.1 Å². The first kappa shape index (κ1) is 16.4. The molecule has 118 valence electrons. The van der Waals surface area contributed by atoms with Crippen LogP contribution in [0, 0.1) is 11.6 Å². The molecule has 0 aliphatic heterocycles. The van der Waals surface area contributed by atoms with Crippen LogP contribution in [0.1, 0.15) is 0 Å². The number of halogens is 2. The maximum atomic E-state index is 13.5. The van der Waals surface area contributed by atoms with Gasteiger partial charge in [-0.3, -0.25) is 4.72 Å². The standard InChI is InChI=1S/C13H11F2NO4S2/c1-21(17,18)10-3-5-11(6-4-10)22(19,20)16-13-7-2-9(14)8-12(13)15/h2-8,16H,1H3. The van der Waals surface area contributed by atoms with Crippen molar-refractivity contribution in [2.75, 3.05) is 11.0 Å². The molecular weight excluding hydrogens is 336 g/mol. The van der Waals surface area contributed by atoms with Crippen LogP contribution in [0.3, 0.4) is 0 Å². The number of nitrogens with one attached hydrogen (secondary N) is 1. The van der Waals surface area contributed by atoms with Crippen molar-refractivity contribution in [3.8, 4) is 0 Å². The molecule has 0 aliphatic rings. The van der Waals surface area contributed by atoms with Crippen LogP contribution < -0.4 is 4.72 Å². The summed E-state index contributed by atoms with van der Waals surface area (Å²) >= 11 is 0. The number of anilines is 1. The third-order valence-electron chi connectivity index (χ3n) is 2.74. The van der Waals surface area contributed by atoms with E-state index < -0.39 is 37.2 Å². The van der Waals surface area contributed by atoms with Gasteiger partial charge in [0.15, 0.2) is 9.84 Å². The first-order valence-corrected chi connectivity index (χ1v) is 9.25. The van der Waals surface area contributed by atoms with E-state index in [0.717, 1.165) is 42.7 Å². The molecule has 0 radical (unpaired) electrons. The monoisotopic (exact) mass is 347 g/mol. The summed E-state index contributed by atoms with van der Waals surface area (Å²) in [5.74, 6) is -1.89. The molecule has 0 saturated carbocycles. The summed E-state index contributed by atoms with van der Waals surface area (Å²) < 4.78 is 75.0. The quantitative estimate of drug-likeness (QED) is 0.919. The molecule has 2 aromatic rings. The lowest BCUT2D eigenvalue weighted by molar-refractivity contribution is 0.582. The van der Waals surface area contributed by atoms with E-state index in [9.17, 15) is 25.6 Å². The lowest BCUT2D eigenvalue weighted by Crippen LogP contribution is -2.14. The van der Waals surface area contributed by atoms with Gasteiger partial charge in [0, 0.05) is 12.3 Å². The molecule has 0 amide bonds. The molecule has 0 aliphatic carbocycles. The topological polar surface area (TPSA) is 80.3 Å². The Balaban J connectivity index is 2.34. The molecule has 0 bridgehead atoms. The fraction of sp³-hybridized carbons (Fsp3) is 0.0769. The number of benzene rings is 2. The predicted octanol–water partition coefficient (Wildman–Crippen LogP) is 2.17. The van der Waals surface area contributed by atoms with Crippen LogP contribution in [0.15, 0.2) is 52.3 Å². The van der Waals surface area contributed by atoms with E-state index in [4.69, 9.17) is 0 Å². The first-order valence-electron chi connectivity index (χ1n) is 5.87. The Morgan fingerprint density at radius 1 is 0.864 bits per heavy atom. The second kappa shape index (κ2) is 5.65. The van der Waals surface area contributed by atoms with Crippen LogP contribution in [0.5, 0.6) is 0 Å². The maximum absolute atomic E-state index is 13.5. The lowest BCUT2D eigenvalue weighted by atomic mass is 10.3. The van der Waals surface area contributed by atoms with Crippen LogP contribution in [0.4, 0.5) is 14.5 Å². The Morgan fingerprint density at radius 2 is 1.41 bits per heavy atom. The largest absolute Gasteiger partial charge is 0.277 e. The van der Waals surface area contributed by atoms with Crippen molar-refractivity contribution in [3.63, 3.8) is 0 Å². The third kappa shape index (κ3) is 3.60. The molecule has 1 N–H and O–H groups in total. The van der Waals surface area contributed by atoms with Gasteiger partial charge in [0.25, 0.3) is 10.0 Å². The molecule has 0 unspecified atom stereocenters. The number of hydrogen-bond acceptors (Lipinski definition) is 4. The van der Waals surface area contributed by atoms with Crippen molar-refractivity contribution >= 4 is 25.5 Å². The molecular formula is C13H11F2NO4S2. The number of sulfonamides is 1. The van der Waals surface area contributed by atoms with E-state index in [-0.39, 0.29) is 9.79 Å². The van der Waals surface area contributed by atoms with Gasteiger partial charge in [-0.1, -0.05) is 0 Å². The smallest absolute Gasteiger partial charge is 0.261 e. The van der Waals surface area contributed by atoms with E-state index in [2.05, 4.69) is 0 Å². The van der Waals surface area contributed by atoms with Crippen molar-refractivity contribution in [2.24, 2.45) is 0 Å². The molecule has 22 heavy (non-hydrogen) atoms. The molecule has 0 aromatic heterocycles. The summed E-state index contributed by atoms with van der Waals surface area (Å²) in [6, 6.07) is 6.83. The molecule has 0 saturated heterocycles. The lowest BCUT2D eigenvalue weighted by Gasteiger charge is -2.09. The van der Waals surface area contributed by atoms with Crippen LogP contribution in [-0.2, 0) is 19.9 Å². The fourth-order valence-corrected chi connectivity index (χ4v) is 3.34. The van der Waals surface area contributed by atoms with Crippen molar-refractivity contribution in [1.29, 1.82) is 0 Å². The SMILES string of the molecule is CS(=O)(=O)c1ccc(S(=O)(=O)Nc2ccc(F)cc2F)cc1. The molecule has 0 spiro atoms. The Bertz CT molecular complexity index is 908. The van der Waals surface area contributed by atoms with Crippen molar-refractivity contribution < 1.29 is 25.6 Å². The molecule has 0 atom stereocenters. The zero-order valence-corrected chi connectivity index (χ0v) is 12.9. The van der Waals surface area contributed by atoms with Crippen molar-refractivity contribution in [1.82, 2.24) is 0 Å². The van der Waals surface area contributed by atoms with Gasteiger partial charge >= 0.3 is 0 Å². The predicted molar refractivity (Wildman–Crippen MR) is 76.7 cm³/mol. The molecule has 0 heterocycles. The van der Waals surface area contributed by atoms with Gasteiger partial charge in [-0.2, -0.15) is 0 Å². The minimum Gasteiger partial charge on any atom is -0.277 e. The van der Waals surface area contributed by atoms with Crippen LogP contribution in [0.25, 0.3) is 0 Å². The summed E-state index contributed by atoms with van der Waals surface area (Å²) in [5.41, 5.74) is -0.409. The van der Waals surface area contributed by atoms with E-state index >= 15 is 0 Å². The molecule has 2 rings (SSSR count). The summed E-state index contributed by atoms with van der Waals surface area (Å²) in [6.45, 7) is 0. The van der Waals surface area contributed by atoms with Crippen LogP contribution >= 0.6 is 0 Å². The zero-order valence-electron chi connectivity index (χ0n) is 11.2. The van der Waals surface area contributed by atoms with Gasteiger partial charge in [-0.05, 0) is 36.4 Å². The van der Waals surface area contributed by atoms with Gasteiger partial charge in [0.05, 0.1) is 15.5 Å². The van der Waals surface area contributed by atoms with E-state index in [1.54, 1.807) is 0 Å². The van der Waals surface area contributed by atoms with Gasteiger partial charge in [-0.25, -0.2) is 25.6 Å². The summed E-state index contributed by atoms with van der Waals surface area (Å²) in [7, 11) is -7.57. The third-order valence-corrected chi connectivity index (χ3v) is 5.25. The second-order valence-corrected chi connectivity index (χ2v) is 8.17. The second-order valence-electron chi connectivity index (χ2n) is 4.47. The summed E-state index contributed by atoms with van der Waals surface area (Å²) in [5, 5.41) is 0. The Labute approximate surface area is 126 Å². The van der Waals surface area contributed by atoms with E-state index in [1.165, 1.54) is 0 Å². The van der Waals surface area contributed by atoms with Crippen molar-refractivity contribution in [3.05, 3.63) is 54.1 Å². The fourth-order valence-electron chi connectivity index (χ4n) is 1.64. The van der Waals surface area contributed by atoms with Gasteiger partial charge in [-0.15, -0.1) is 0 Å². The van der Waals surface area contributed by atoms with Gasteiger partial charge in [0.1, 0.15) is 11.6 Å². The molecule has 9 heteroatoms. The van der Waals surface area contributed by atoms with Gasteiger partial charge < -0.3 is 0 Å². The Kier molecular flexibility index (Phi) is 4.21. The average molecular weight is 347 g/mol. The van der Waals surface area contributed by atoms with E-state index in [1.807, 2.05) is 4.72 Å². The summed E-state index contributed by atoms with van der Waals surface area (Å²) in [4.78, 5) is -0.289. The Morgan fingerprint density at radius 3 is 1.91 bits per heavy atom. The van der Waals surface area contributed by atoms with Crippen LogP contribution in [0.2, 0.25) is 0 Å².